The zero-order chi connectivity index (χ0) is 41.3. The molecule has 5 aliphatic rings. The average Bonchev–Trinajstić information content (AvgIpc) is 4.20. The molecule has 6 atom stereocenters. The highest BCUT2D eigenvalue weighted by molar-refractivity contribution is 6.78. The number of aromatic nitrogens is 4. The number of nitrogens with one attached hydrogen (secondary N) is 4. The summed E-state index contributed by atoms with van der Waals surface area (Å²) in [6.07, 6.45) is 4.79. The fourth-order valence-corrected chi connectivity index (χ4v) is 12.6. The second-order valence-electron chi connectivity index (χ2n) is 17.5. The van der Waals surface area contributed by atoms with E-state index in [1.165, 1.54) is 14.2 Å². The predicted molar refractivity (Wildman–Crippen MR) is 224 cm³/mol. The molecule has 59 heavy (non-hydrogen) atoms. The Kier molecular flexibility index (Phi) is 10.3. The van der Waals surface area contributed by atoms with Crippen molar-refractivity contribution < 1.29 is 28.7 Å². The van der Waals surface area contributed by atoms with E-state index in [9.17, 15) is 19.2 Å². The number of alkyl carbamates (subject to hydrolysis) is 2. The summed E-state index contributed by atoms with van der Waals surface area (Å²) in [6.45, 7) is 4.53. The lowest BCUT2D eigenvalue weighted by atomic mass is 10.0. The smallest absolute Gasteiger partial charge is 0.407 e. The van der Waals surface area contributed by atoms with E-state index in [0.29, 0.717) is 45.4 Å². The van der Waals surface area contributed by atoms with Crippen LogP contribution in [0.25, 0.3) is 33.6 Å². The molecule has 0 spiro atoms. The summed E-state index contributed by atoms with van der Waals surface area (Å²) in [6, 6.07) is 15.2. The number of likely N-dealkylation sites (tertiary alicyclic amines) is 1. The number of ether oxygens (including phenoxy) is 2. The number of hydrogen-bond acceptors (Lipinski definition) is 8. The molecule has 4 aromatic rings. The minimum Gasteiger partial charge on any atom is -0.453 e. The van der Waals surface area contributed by atoms with E-state index in [0.717, 1.165) is 66.8 Å². The summed E-state index contributed by atoms with van der Waals surface area (Å²) in [4.78, 5) is 72.3. The normalized spacial score (nSPS) is 24.0. The first-order valence-electron chi connectivity index (χ1n) is 20.4. The van der Waals surface area contributed by atoms with Crippen molar-refractivity contribution in [2.75, 3.05) is 20.4 Å². The van der Waals surface area contributed by atoms with Crippen molar-refractivity contribution in [3.05, 3.63) is 70.5 Å². The van der Waals surface area contributed by atoms with Gasteiger partial charge >= 0.3 is 12.2 Å². The summed E-state index contributed by atoms with van der Waals surface area (Å²) in [7, 11) is 0.822. The van der Waals surface area contributed by atoms with Crippen molar-refractivity contribution in [3.63, 3.8) is 0 Å². The van der Waals surface area contributed by atoms with Gasteiger partial charge in [-0.15, -0.1) is 0 Å². The third-order valence-corrected chi connectivity index (χ3v) is 15.9. The average molecular weight is 860 g/mol. The minimum atomic E-state index is -1.79. The van der Waals surface area contributed by atoms with Gasteiger partial charge in [0, 0.05) is 23.3 Å². The number of piperidine rings is 1. The molecule has 4 heterocycles. The number of imidazole rings is 2. The molecule has 14 nitrogen and oxygen atoms in total. The topological polar surface area (TPSA) is 175 Å². The van der Waals surface area contributed by atoms with Crippen LogP contribution in [0.15, 0.2) is 48.5 Å². The Morgan fingerprint density at radius 3 is 1.64 bits per heavy atom. The number of carbonyl (C=O) groups is 4. The molecule has 5 fully saturated rings. The standard InChI is InChI=1S/C42H48Cl2N8O6Si/c1-57-41(55)47-33(25-13-14-25)39(53)51-20-59(3,4)19-30(51)38-46-32(36(44)50-38)24-11-7-22(8-12-24)21-5-9-23(10-6-21)31-35(43)49-37(45-31)29-18-27-17-28(27)52(29)40(54)34(26-15-16-26)48-42(56)58-2/h5-12,25-30,33-34H,13-20H2,1-4H3,(H,45,49)(H,46,50)(H,47,55)(H,48,56)/t27-,28-,29+,30+,33+,34+/m1/s1. The molecule has 9 rings (SSSR count). The van der Waals surface area contributed by atoms with Crippen molar-refractivity contribution in [3.8, 4) is 33.6 Å². The number of halogens is 2. The van der Waals surface area contributed by atoms with Crippen LogP contribution in [0.1, 0.15) is 62.3 Å². The molecule has 0 unspecified atom stereocenters. The molecule has 3 aliphatic carbocycles. The first-order valence-corrected chi connectivity index (χ1v) is 24.5. The maximum Gasteiger partial charge on any atom is 0.407 e. The first-order chi connectivity index (χ1) is 28.3. The molecular formula is C42H48Cl2N8O6Si. The summed E-state index contributed by atoms with van der Waals surface area (Å²) >= 11 is 13.6. The minimum absolute atomic E-state index is 0.0847. The van der Waals surface area contributed by atoms with Gasteiger partial charge in [0.2, 0.25) is 11.8 Å². The molecule has 310 valence electrons. The second-order valence-corrected chi connectivity index (χ2v) is 23.3. The van der Waals surface area contributed by atoms with Crippen molar-refractivity contribution in [1.82, 2.24) is 40.4 Å². The van der Waals surface area contributed by atoms with Crippen molar-refractivity contribution in [2.45, 2.75) is 87.9 Å². The van der Waals surface area contributed by atoms with Crippen LogP contribution in [-0.2, 0) is 19.1 Å². The van der Waals surface area contributed by atoms with E-state index in [1.54, 1.807) is 0 Å². The van der Waals surface area contributed by atoms with Crippen LogP contribution in [0, 0.1) is 17.8 Å². The Balaban J connectivity index is 0.894. The lowest BCUT2D eigenvalue weighted by Gasteiger charge is -2.30. The van der Waals surface area contributed by atoms with Crippen LogP contribution >= 0.6 is 23.2 Å². The second kappa shape index (κ2) is 15.3. The number of fused-ring (bicyclic) bond motifs is 1. The highest BCUT2D eigenvalue weighted by Gasteiger charge is 2.57. The van der Waals surface area contributed by atoms with E-state index >= 15 is 0 Å². The van der Waals surface area contributed by atoms with Crippen LogP contribution in [0.3, 0.4) is 0 Å². The maximum absolute atomic E-state index is 13.9. The van der Waals surface area contributed by atoms with Crippen LogP contribution < -0.4 is 10.6 Å². The van der Waals surface area contributed by atoms with Gasteiger partial charge in [-0.2, -0.15) is 0 Å². The van der Waals surface area contributed by atoms with Crippen LogP contribution in [0.4, 0.5) is 9.59 Å². The van der Waals surface area contributed by atoms with Crippen molar-refractivity contribution in [2.24, 2.45) is 17.8 Å². The van der Waals surface area contributed by atoms with E-state index in [4.69, 9.17) is 42.6 Å². The molecule has 4 N–H and O–H groups in total. The monoisotopic (exact) mass is 858 g/mol. The molecule has 2 saturated heterocycles. The van der Waals surface area contributed by atoms with Gasteiger partial charge < -0.3 is 39.9 Å². The van der Waals surface area contributed by atoms with E-state index < -0.39 is 32.3 Å². The molecular weight excluding hydrogens is 812 g/mol. The Morgan fingerprint density at radius 1 is 0.712 bits per heavy atom. The molecule has 17 heteroatoms. The molecule has 2 aromatic carbocycles. The number of carbonyl (C=O) groups excluding carboxylic acids is 4. The lowest BCUT2D eigenvalue weighted by molar-refractivity contribution is -0.136. The summed E-state index contributed by atoms with van der Waals surface area (Å²) in [5.74, 6) is 1.74. The van der Waals surface area contributed by atoms with Gasteiger partial charge in [0.15, 0.2) is 0 Å². The number of methoxy groups -OCH3 is 2. The predicted octanol–water partition coefficient (Wildman–Crippen LogP) is 7.50. The van der Waals surface area contributed by atoms with Gasteiger partial charge in [-0.3, -0.25) is 9.59 Å². The number of rotatable bonds is 11. The third kappa shape index (κ3) is 7.84. The third-order valence-electron chi connectivity index (χ3n) is 12.6. The van der Waals surface area contributed by atoms with E-state index in [2.05, 4.69) is 33.7 Å². The summed E-state index contributed by atoms with van der Waals surface area (Å²) < 4.78 is 9.65. The quantitative estimate of drug-likeness (QED) is 0.112. The van der Waals surface area contributed by atoms with Crippen LogP contribution in [0.5, 0.6) is 0 Å². The highest BCUT2D eigenvalue weighted by Crippen LogP contribution is 2.54. The number of H-pyrrole nitrogens is 2. The van der Waals surface area contributed by atoms with Crippen molar-refractivity contribution >= 4 is 55.3 Å². The van der Waals surface area contributed by atoms with Gasteiger partial charge in [0.05, 0.1) is 34.4 Å². The summed E-state index contributed by atoms with van der Waals surface area (Å²) in [5.41, 5.74) is 4.90. The number of aromatic amines is 2. The van der Waals surface area contributed by atoms with Crippen LogP contribution in [0.2, 0.25) is 29.4 Å². The number of hydrogen-bond donors (Lipinski definition) is 4. The molecule has 4 amide bonds. The SMILES string of the molecule is COC(=O)N[C@H](C(=O)N1C[Si](C)(C)C[C@H]1c1nc(-c2ccc(-c3ccc(-c4nc([C@@H]5C[C@H]6C[C@H]6N5C(=O)[C@@H](NC(=O)OC)C5CC5)[nH]c4Cl)cc3)cc2)c(Cl)[nH]1)C1CC1. The fourth-order valence-electron chi connectivity index (χ4n) is 9.17. The van der Waals surface area contributed by atoms with Gasteiger partial charge in [-0.1, -0.05) is 84.8 Å². The Morgan fingerprint density at radius 2 is 1.17 bits per heavy atom. The molecule has 0 radical (unpaired) electrons. The Labute approximate surface area is 353 Å². The first kappa shape index (κ1) is 39.6. The molecule has 0 bridgehead atoms. The van der Waals surface area contributed by atoms with E-state index in [-0.39, 0.29) is 41.8 Å². The Bertz CT molecular complexity index is 2290. The van der Waals surface area contributed by atoms with Crippen LogP contribution in [-0.4, -0.2) is 100 Å². The summed E-state index contributed by atoms with van der Waals surface area (Å²) in [5, 5.41) is 6.37. The maximum atomic E-state index is 13.9. The Hall–Kier alpha value is -4.86. The zero-order valence-corrected chi connectivity index (χ0v) is 35.9. The lowest BCUT2D eigenvalue weighted by Crippen LogP contribution is -2.50. The number of benzene rings is 2. The fraction of sp³-hybridized carbons (Fsp3) is 0.476. The van der Waals surface area contributed by atoms with Gasteiger partial charge in [-0.05, 0) is 73.4 Å². The number of amides is 4. The van der Waals surface area contributed by atoms with Gasteiger partial charge in [0.25, 0.3) is 0 Å². The molecule has 3 saturated carbocycles. The van der Waals surface area contributed by atoms with Gasteiger partial charge in [0.1, 0.15) is 45.4 Å². The largest absolute Gasteiger partial charge is 0.453 e. The van der Waals surface area contributed by atoms with E-state index in [1.807, 2.05) is 58.3 Å². The number of nitrogens with zero attached hydrogens (tertiary/aromatic N) is 4. The van der Waals surface area contributed by atoms with Crippen molar-refractivity contribution in [1.29, 1.82) is 0 Å². The highest BCUT2D eigenvalue weighted by atomic mass is 35.5. The zero-order valence-electron chi connectivity index (χ0n) is 33.4. The molecule has 2 aromatic heterocycles. The molecule has 2 aliphatic heterocycles. The van der Waals surface area contributed by atoms with Gasteiger partial charge in [-0.25, -0.2) is 19.6 Å².